The average Bonchev–Trinajstić information content (AvgIpc) is 2.56. The first-order chi connectivity index (χ1) is 11.5. The van der Waals surface area contributed by atoms with Gasteiger partial charge in [-0.3, -0.25) is 4.99 Å². The van der Waals surface area contributed by atoms with Crippen LogP contribution in [0.25, 0.3) is 0 Å². The number of guanidine groups is 1. The van der Waals surface area contributed by atoms with Crippen molar-refractivity contribution in [2.45, 2.75) is 19.7 Å². The van der Waals surface area contributed by atoms with Gasteiger partial charge in [0.2, 0.25) is 0 Å². The number of nitrogens with zero attached hydrogens (tertiary/aromatic N) is 2. The van der Waals surface area contributed by atoms with Crippen LogP contribution in [0.2, 0.25) is 0 Å². The quantitative estimate of drug-likeness (QED) is 0.409. The maximum atomic E-state index is 13.4. The number of aliphatic hydroxyl groups is 1. The minimum Gasteiger partial charge on any atom is -0.392 e. The molecule has 2 rings (SSSR count). The molecule has 2 aromatic carbocycles. The molecule has 4 nitrogen and oxygen atoms in total. The fourth-order valence-corrected chi connectivity index (χ4v) is 2.41. The molecule has 136 valence electrons. The highest BCUT2D eigenvalue weighted by Gasteiger charge is 2.08. The van der Waals surface area contributed by atoms with E-state index in [-0.39, 0.29) is 42.0 Å². The summed E-state index contributed by atoms with van der Waals surface area (Å²) in [5.41, 5.74) is 1.93. The van der Waals surface area contributed by atoms with Gasteiger partial charge in [0.05, 0.1) is 6.61 Å². The van der Waals surface area contributed by atoms with Crippen molar-refractivity contribution >= 4 is 29.9 Å². The molecule has 0 aliphatic carbocycles. The molecule has 0 saturated carbocycles. The van der Waals surface area contributed by atoms with E-state index in [9.17, 15) is 8.78 Å². The van der Waals surface area contributed by atoms with E-state index in [1.807, 2.05) is 18.0 Å². The number of halogens is 3. The van der Waals surface area contributed by atoms with Gasteiger partial charge in [-0.25, -0.2) is 8.78 Å². The highest BCUT2D eigenvalue weighted by Crippen LogP contribution is 2.11. The molecule has 0 radical (unpaired) electrons. The molecule has 2 aromatic rings. The van der Waals surface area contributed by atoms with Gasteiger partial charge in [0, 0.05) is 32.7 Å². The largest absolute Gasteiger partial charge is 0.392 e. The first-order valence-electron chi connectivity index (χ1n) is 7.58. The fraction of sp³-hybridized carbons (Fsp3) is 0.278. The number of nitrogens with one attached hydrogen (secondary N) is 1. The Bertz CT molecular complexity index is 725. The molecular weight excluding hydrogens is 439 g/mol. The van der Waals surface area contributed by atoms with Crippen LogP contribution in [0.4, 0.5) is 8.78 Å². The predicted octanol–water partition coefficient (Wildman–Crippen LogP) is 3.28. The van der Waals surface area contributed by atoms with Gasteiger partial charge in [-0.15, -0.1) is 24.0 Å². The number of rotatable bonds is 5. The molecule has 7 heteroatoms. The van der Waals surface area contributed by atoms with Crippen molar-refractivity contribution < 1.29 is 13.9 Å². The van der Waals surface area contributed by atoms with Crippen LogP contribution in [0, 0.1) is 11.6 Å². The molecule has 0 amide bonds. The van der Waals surface area contributed by atoms with E-state index in [1.165, 1.54) is 18.2 Å². The van der Waals surface area contributed by atoms with E-state index in [1.54, 1.807) is 25.2 Å². The van der Waals surface area contributed by atoms with Crippen LogP contribution in [0.1, 0.15) is 16.7 Å². The monoisotopic (exact) mass is 461 g/mol. The maximum Gasteiger partial charge on any atom is 0.193 e. The van der Waals surface area contributed by atoms with Crippen molar-refractivity contribution in [3.63, 3.8) is 0 Å². The first kappa shape index (κ1) is 21.3. The van der Waals surface area contributed by atoms with Gasteiger partial charge in [-0.1, -0.05) is 18.2 Å². The number of benzene rings is 2. The summed E-state index contributed by atoms with van der Waals surface area (Å²) in [5, 5.41) is 12.3. The fourth-order valence-electron chi connectivity index (χ4n) is 2.41. The molecule has 0 atom stereocenters. The topological polar surface area (TPSA) is 47.9 Å². The van der Waals surface area contributed by atoms with Crippen molar-refractivity contribution in [3.05, 3.63) is 70.8 Å². The Morgan fingerprint density at radius 2 is 1.92 bits per heavy atom. The lowest BCUT2D eigenvalue weighted by Gasteiger charge is -2.22. The minimum atomic E-state index is -0.422. The summed E-state index contributed by atoms with van der Waals surface area (Å²) in [7, 11) is 3.51. The Balaban J connectivity index is 0.00000312. The van der Waals surface area contributed by atoms with Gasteiger partial charge in [-0.2, -0.15) is 0 Å². The number of aliphatic imine (C=N–C) groups is 1. The van der Waals surface area contributed by atoms with E-state index in [0.29, 0.717) is 19.0 Å². The third kappa shape index (κ3) is 6.24. The number of hydrogen-bond acceptors (Lipinski definition) is 2. The van der Waals surface area contributed by atoms with Gasteiger partial charge < -0.3 is 15.3 Å². The summed E-state index contributed by atoms with van der Waals surface area (Å²) in [6, 6.07) is 11.0. The Hall–Kier alpha value is -1.74. The molecular formula is C18H22F2IN3O. The van der Waals surface area contributed by atoms with E-state index in [0.717, 1.165) is 11.1 Å². The van der Waals surface area contributed by atoms with Crippen LogP contribution >= 0.6 is 24.0 Å². The lowest BCUT2D eigenvalue weighted by molar-refractivity contribution is 0.275. The third-order valence-electron chi connectivity index (χ3n) is 3.61. The number of hydrogen-bond donors (Lipinski definition) is 2. The second kappa shape index (κ2) is 10.3. The summed E-state index contributed by atoms with van der Waals surface area (Å²) in [6.07, 6.45) is 0. The van der Waals surface area contributed by atoms with Gasteiger partial charge in [0.15, 0.2) is 5.96 Å². The van der Waals surface area contributed by atoms with Crippen molar-refractivity contribution in [2.75, 3.05) is 14.1 Å². The molecule has 0 heterocycles. The van der Waals surface area contributed by atoms with Crippen LogP contribution in [-0.2, 0) is 19.7 Å². The van der Waals surface area contributed by atoms with Crippen molar-refractivity contribution in [1.82, 2.24) is 10.2 Å². The molecule has 0 aliphatic rings. The molecule has 0 aromatic heterocycles. The molecule has 25 heavy (non-hydrogen) atoms. The molecule has 0 spiro atoms. The van der Waals surface area contributed by atoms with Crippen LogP contribution in [0.15, 0.2) is 47.5 Å². The zero-order valence-electron chi connectivity index (χ0n) is 14.2. The first-order valence-corrected chi connectivity index (χ1v) is 7.58. The van der Waals surface area contributed by atoms with Crippen LogP contribution in [0.5, 0.6) is 0 Å². The third-order valence-corrected chi connectivity index (χ3v) is 3.61. The normalized spacial score (nSPS) is 11.0. The van der Waals surface area contributed by atoms with Gasteiger partial charge in [-0.05, 0) is 35.4 Å². The molecule has 0 saturated heterocycles. The lowest BCUT2D eigenvalue weighted by Crippen LogP contribution is -2.38. The lowest BCUT2D eigenvalue weighted by atomic mass is 10.1. The second-order valence-electron chi connectivity index (χ2n) is 5.47. The summed E-state index contributed by atoms with van der Waals surface area (Å²) < 4.78 is 26.7. The Morgan fingerprint density at radius 3 is 2.56 bits per heavy atom. The number of aliphatic hydroxyl groups excluding tert-OH is 1. The second-order valence-corrected chi connectivity index (χ2v) is 5.47. The van der Waals surface area contributed by atoms with Crippen molar-refractivity contribution in [2.24, 2.45) is 4.99 Å². The predicted molar refractivity (Wildman–Crippen MR) is 106 cm³/mol. The molecule has 0 aliphatic heterocycles. The van der Waals surface area contributed by atoms with Crippen LogP contribution in [0.3, 0.4) is 0 Å². The van der Waals surface area contributed by atoms with Gasteiger partial charge in [0.25, 0.3) is 0 Å². The highest BCUT2D eigenvalue weighted by atomic mass is 127. The Morgan fingerprint density at radius 1 is 1.16 bits per heavy atom. The van der Waals surface area contributed by atoms with E-state index >= 15 is 0 Å². The Labute approximate surface area is 163 Å². The average molecular weight is 461 g/mol. The molecule has 0 bridgehead atoms. The molecule has 2 N–H and O–H groups in total. The van der Waals surface area contributed by atoms with Crippen LogP contribution in [-0.4, -0.2) is 30.1 Å². The molecule has 0 fully saturated rings. The zero-order chi connectivity index (χ0) is 17.5. The minimum absolute atomic E-state index is 0. The van der Waals surface area contributed by atoms with Crippen molar-refractivity contribution in [3.8, 4) is 0 Å². The SMILES string of the molecule is CN=C(NCc1ccc(F)c(CO)c1)N(C)Cc1cccc(F)c1.I. The maximum absolute atomic E-state index is 13.4. The van der Waals surface area contributed by atoms with E-state index in [4.69, 9.17) is 5.11 Å². The Kier molecular flexibility index (Phi) is 8.77. The van der Waals surface area contributed by atoms with Gasteiger partial charge in [0.1, 0.15) is 11.6 Å². The summed E-state index contributed by atoms with van der Waals surface area (Å²) >= 11 is 0. The summed E-state index contributed by atoms with van der Waals surface area (Å²) in [5.74, 6) is -0.0605. The van der Waals surface area contributed by atoms with Crippen molar-refractivity contribution in [1.29, 1.82) is 0 Å². The van der Waals surface area contributed by atoms with Gasteiger partial charge >= 0.3 is 0 Å². The summed E-state index contributed by atoms with van der Waals surface area (Å²) in [4.78, 5) is 6.06. The van der Waals surface area contributed by atoms with E-state index < -0.39 is 5.82 Å². The summed E-state index contributed by atoms with van der Waals surface area (Å²) in [6.45, 7) is 0.601. The smallest absolute Gasteiger partial charge is 0.193 e. The standard InChI is InChI=1S/C18H21F2N3O.HI/c1-21-18(23(2)11-14-4-3-5-16(19)9-14)22-10-13-6-7-17(20)15(8-13)12-24;/h3-9,24H,10-12H2,1-2H3,(H,21,22);1H. The van der Waals surface area contributed by atoms with Crippen LogP contribution < -0.4 is 5.32 Å². The highest BCUT2D eigenvalue weighted by molar-refractivity contribution is 14.0. The molecule has 0 unspecified atom stereocenters. The zero-order valence-corrected chi connectivity index (χ0v) is 16.5. The van der Waals surface area contributed by atoms with E-state index in [2.05, 4.69) is 10.3 Å².